The van der Waals surface area contributed by atoms with E-state index in [4.69, 9.17) is 15.7 Å². The van der Waals surface area contributed by atoms with Crippen LogP contribution in [-0.2, 0) is 6.54 Å². The molecule has 0 radical (unpaired) electrons. The topological polar surface area (TPSA) is 84.9 Å². The van der Waals surface area contributed by atoms with Crippen LogP contribution in [0.25, 0.3) is 39.5 Å². The van der Waals surface area contributed by atoms with Crippen LogP contribution in [0.3, 0.4) is 0 Å². The number of hydrogen-bond acceptors (Lipinski definition) is 6. The van der Waals surface area contributed by atoms with Crippen molar-refractivity contribution in [2.75, 3.05) is 25.4 Å². The Labute approximate surface area is 236 Å². The molecule has 3 N–H and O–H groups in total. The molecule has 0 amide bonds. The summed E-state index contributed by atoms with van der Waals surface area (Å²) >= 11 is 0. The molecular weight excluding hydrogens is 494 g/mol. The van der Waals surface area contributed by atoms with Gasteiger partial charge in [-0.15, -0.1) is 0 Å². The molecule has 1 aliphatic heterocycles. The maximum Gasteiger partial charge on any atom is 0.165 e. The fourth-order valence-electron chi connectivity index (χ4n) is 5.55. The number of hydrogen-bond donors (Lipinski definition) is 2. The van der Waals surface area contributed by atoms with Crippen molar-refractivity contribution in [2.24, 2.45) is 0 Å². The molecular formula is C33H37N7. The average Bonchev–Trinajstić information content (AvgIpc) is 3.61. The number of aromatic nitrogens is 4. The third-order valence-corrected chi connectivity index (χ3v) is 7.84. The highest BCUT2D eigenvalue weighted by atomic mass is 15.2. The van der Waals surface area contributed by atoms with Crippen molar-refractivity contribution in [3.63, 3.8) is 0 Å². The molecule has 1 saturated heterocycles. The number of anilines is 1. The summed E-state index contributed by atoms with van der Waals surface area (Å²) in [5, 5.41) is 3.70. The van der Waals surface area contributed by atoms with Gasteiger partial charge >= 0.3 is 0 Å². The Morgan fingerprint density at radius 2 is 1.70 bits per heavy atom. The third kappa shape index (κ3) is 5.10. The van der Waals surface area contributed by atoms with E-state index in [0.717, 1.165) is 65.7 Å². The van der Waals surface area contributed by atoms with Crippen molar-refractivity contribution in [1.29, 1.82) is 0 Å². The summed E-state index contributed by atoms with van der Waals surface area (Å²) in [6, 6.07) is 25.2. The molecule has 1 aliphatic carbocycles. The van der Waals surface area contributed by atoms with Gasteiger partial charge in [-0.25, -0.2) is 15.0 Å². The summed E-state index contributed by atoms with van der Waals surface area (Å²) in [4.78, 5) is 17.0. The number of nitrogens with one attached hydrogen (secondary N) is 1. The quantitative estimate of drug-likeness (QED) is 0.289. The molecule has 0 atom stereocenters. The number of piperazine rings is 1. The SMILES string of the molecule is CC.Cc1ccc(-c2ccc3nc(-c4cccnc4N)n(-c4ccc(CN5CCNC6(CC6)C5)cc4)c3n2)cc1. The van der Waals surface area contributed by atoms with Crippen molar-refractivity contribution in [3.05, 3.63) is 90.1 Å². The van der Waals surface area contributed by atoms with Crippen LogP contribution in [0.15, 0.2) is 79.0 Å². The summed E-state index contributed by atoms with van der Waals surface area (Å²) in [6.07, 6.45) is 4.30. The maximum absolute atomic E-state index is 6.32. The van der Waals surface area contributed by atoms with E-state index in [1.54, 1.807) is 6.20 Å². The van der Waals surface area contributed by atoms with Crippen molar-refractivity contribution >= 4 is 17.0 Å². The molecule has 7 nitrogen and oxygen atoms in total. The van der Waals surface area contributed by atoms with E-state index in [0.29, 0.717) is 11.4 Å². The predicted molar refractivity (Wildman–Crippen MR) is 163 cm³/mol. The Kier molecular flexibility index (Phi) is 7.09. The first kappa shape index (κ1) is 26.2. The van der Waals surface area contributed by atoms with E-state index in [1.807, 2.05) is 38.1 Å². The monoisotopic (exact) mass is 531 g/mol. The van der Waals surface area contributed by atoms with E-state index in [9.17, 15) is 0 Å². The highest BCUT2D eigenvalue weighted by molar-refractivity contribution is 5.84. The lowest BCUT2D eigenvalue weighted by atomic mass is 10.1. The minimum atomic E-state index is 0.382. The Bertz CT molecular complexity index is 1620. The minimum Gasteiger partial charge on any atom is -0.383 e. The average molecular weight is 532 g/mol. The molecule has 1 spiro atoms. The van der Waals surface area contributed by atoms with Crippen LogP contribution in [-0.4, -0.2) is 49.6 Å². The van der Waals surface area contributed by atoms with Crippen molar-refractivity contribution < 1.29 is 0 Å². The van der Waals surface area contributed by atoms with Gasteiger partial charge in [0.05, 0.1) is 11.3 Å². The van der Waals surface area contributed by atoms with Gasteiger partial charge in [0.15, 0.2) is 11.5 Å². The number of imidazole rings is 1. The van der Waals surface area contributed by atoms with Crippen molar-refractivity contribution in [1.82, 2.24) is 29.7 Å². The molecule has 5 aromatic rings. The first-order chi connectivity index (χ1) is 19.6. The van der Waals surface area contributed by atoms with Crippen LogP contribution in [0.4, 0.5) is 5.82 Å². The maximum atomic E-state index is 6.32. The molecule has 4 heterocycles. The number of pyridine rings is 2. The fraction of sp³-hybridized carbons (Fsp3) is 0.303. The lowest BCUT2D eigenvalue weighted by Crippen LogP contribution is -2.51. The molecule has 2 aromatic carbocycles. The number of nitrogens with zero attached hydrogens (tertiary/aromatic N) is 5. The molecule has 7 rings (SSSR count). The second kappa shape index (κ2) is 10.8. The minimum absolute atomic E-state index is 0.382. The highest BCUT2D eigenvalue weighted by Crippen LogP contribution is 2.38. The predicted octanol–water partition coefficient (Wildman–Crippen LogP) is 6.00. The van der Waals surface area contributed by atoms with E-state index in [1.165, 1.54) is 24.0 Å². The summed E-state index contributed by atoms with van der Waals surface area (Å²) in [5.74, 6) is 1.19. The molecule has 40 heavy (non-hydrogen) atoms. The lowest BCUT2D eigenvalue weighted by Gasteiger charge is -2.34. The van der Waals surface area contributed by atoms with Crippen LogP contribution in [0.1, 0.15) is 37.8 Å². The van der Waals surface area contributed by atoms with Gasteiger partial charge in [0.25, 0.3) is 0 Å². The number of nitrogens with two attached hydrogens (primary N) is 1. The number of nitrogen functional groups attached to an aromatic ring is 1. The van der Waals surface area contributed by atoms with E-state index in [-0.39, 0.29) is 0 Å². The number of rotatable bonds is 5. The zero-order valence-corrected chi connectivity index (χ0v) is 23.6. The van der Waals surface area contributed by atoms with Gasteiger partial charge in [-0.1, -0.05) is 55.8 Å². The number of aryl methyl sites for hydroxylation is 1. The first-order valence-corrected chi connectivity index (χ1v) is 14.3. The standard InChI is InChI=1S/C31H31N7.C2H6/c1-21-4-8-23(9-5-21)26-12-13-27-30(35-26)38(29(36-27)25-3-2-16-33-28(25)32)24-10-6-22(7-11-24)19-37-18-17-34-31(20-37)14-15-31;1-2/h2-13,16,34H,14-15,17-20H2,1H3,(H2,32,33);1-2H3. The molecule has 0 unspecified atom stereocenters. The van der Waals surface area contributed by atoms with Gasteiger partial charge in [0, 0.05) is 49.2 Å². The van der Waals surface area contributed by atoms with Gasteiger partial charge in [-0.2, -0.15) is 0 Å². The molecule has 7 heteroatoms. The van der Waals surface area contributed by atoms with Crippen LogP contribution in [0, 0.1) is 6.92 Å². The zero-order valence-electron chi connectivity index (χ0n) is 23.6. The van der Waals surface area contributed by atoms with Gasteiger partial charge in [-0.05, 0) is 61.7 Å². The zero-order chi connectivity index (χ0) is 27.7. The second-order valence-electron chi connectivity index (χ2n) is 10.7. The Morgan fingerprint density at radius 1 is 0.925 bits per heavy atom. The normalized spacial score (nSPS) is 16.1. The van der Waals surface area contributed by atoms with Gasteiger partial charge < -0.3 is 11.1 Å². The van der Waals surface area contributed by atoms with Crippen LogP contribution in [0.5, 0.6) is 0 Å². The van der Waals surface area contributed by atoms with Crippen LogP contribution < -0.4 is 11.1 Å². The number of benzene rings is 2. The third-order valence-electron chi connectivity index (χ3n) is 7.84. The molecule has 2 aliphatic rings. The second-order valence-corrected chi connectivity index (χ2v) is 10.7. The van der Waals surface area contributed by atoms with Gasteiger partial charge in [-0.3, -0.25) is 9.47 Å². The number of fused-ring (bicyclic) bond motifs is 1. The smallest absolute Gasteiger partial charge is 0.165 e. The largest absolute Gasteiger partial charge is 0.383 e. The lowest BCUT2D eigenvalue weighted by molar-refractivity contribution is 0.182. The highest BCUT2D eigenvalue weighted by Gasteiger charge is 2.45. The van der Waals surface area contributed by atoms with Crippen LogP contribution >= 0.6 is 0 Å². The summed E-state index contributed by atoms with van der Waals surface area (Å²) in [6.45, 7) is 10.4. The summed E-state index contributed by atoms with van der Waals surface area (Å²) in [7, 11) is 0. The van der Waals surface area contributed by atoms with E-state index in [2.05, 4.69) is 75.2 Å². The van der Waals surface area contributed by atoms with E-state index < -0.39 is 0 Å². The molecule has 2 fully saturated rings. The Hall–Kier alpha value is -4.07. The summed E-state index contributed by atoms with van der Waals surface area (Å²) < 4.78 is 2.11. The molecule has 3 aromatic heterocycles. The molecule has 204 valence electrons. The Balaban J connectivity index is 0.00000142. The van der Waals surface area contributed by atoms with Crippen LogP contribution in [0.2, 0.25) is 0 Å². The van der Waals surface area contributed by atoms with Crippen molar-refractivity contribution in [3.8, 4) is 28.3 Å². The van der Waals surface area contributed by atoms with E-state index >= 15 is 0 Å². The molecule has 1 saturated carbocycles. The Morgan fingerprint density at radius 3 is 2.42 bits per heavy atom. The van der Waals surface area contributed by atoms with Gasteiger partial charge in [0.2, 0.25) is 0 Å². The summed E-state index contributed by atoms with van der Waals surface area (Å²) in [5.41, 5.74) is 14.6. The van der Waals surface area contributed by atoms with Gasteiger partial charge in [0.1, 0.15) is 11.3 Å². The molecule has 0 bridgehead atoms. The fourth-order valence-corrected chi connectivity index (χ4v) is 5.55. The van der Waals surface area contributed by atoms with Crippen molar-refractivity contribution in [2.45, 2.75) is 45.7 Å². The first-order valence-electron chi connectivity index (χ1n) is 14.3.